The molecule has 1 amide bonds. The van der Waals surface area contributed by atoms with E-state index >= 15 is 0 Å². The molecule has 0 radical (unpaired) electrons. The number of rotatable bonds is 5. The van der Waals surface area contributed by atoms with E-state index in [1.807, 2.05) is 30.3 Å². The minimum Gasteiger partial charge on any atom is -0.619 e. The average molecular weight is 373 g/mol. The number of oxime groups is 1. The highest BCUT2D eigenvalue weighted by molar-refractivity contribution is 6.01. The van der Waals surface area contributed by atoms with Crippen LogP contribution in [0.3, 0.4) is 0 Å². The fourth-order valence-electron chi connectivity index (χ4n) is 3.07. The molecule has 6 nitrogen and oxygen atoms in total. The van der Waals surface area contributed by atoms with Gasteiger partial charge in [-0.05, 0) is 16.7 Å². The van der Waals surface area contributed by atoms with Crippen LogP contribution in [0.2, 0.25) is 0 Å². The molecule has 1 aliphatic heterocycles. The summed E-state index contributed by atoms with van der Waals surface area (Å²) in [6, 6.07) is 21.4. The Morgan fingerprint density at radius 3 is 2.36 bits per heavy atom. The first kappa shape index (κ1) is 17.7. The Bertz CT molecular complexity index is 984. The van der Waals surface area contributed by atoms with Crippen molar-refractivity contribution in [2.24, 2.45) is 5.16 Å². The van der Waals surface area contributed by atoms with Crippen molar-refractivity contribution in [3.05, 3.63) is 95.5 Å². The van der Waals surface area contributed by atoms with Crippen LogP contribution in [-0.2, 0) is 4.84 Å². The lowest BCUT2D eigenvalue weighted by atomic mass is 10.00. The van der Waals surface area contributed by atoms with E-state index < -0.39 is 0 Å². The van der Waals surface area contributed by atoms with Gasteiger partial charge in [-0.3, -0.25) is 4.79 Å². The monoisotopic (exact) mass is 373 g/mol. The van der Waals surface area contributed by atoms with E-state index in [0.29, 0.717) is 23.3 Å². The molecule has 1 aliphatic rings. The molecule has 28 heavy (non-hydrogen) atoms. The van der Waals surface area contributed by atoms with Crippen LogP contribution in [-0.4, -0.2) is 24.3 Å². The number of carbonyl (C=O) groups excluding carboxylic acids is 1. The zero-order valence-corrected chi connectivity index (χ0v) is 15.1. The smallest absolute Gasteiger partial charge is 0.251 e. The van der Waals surface area contributed by atoms with Crippen molar-refractivity contribution < 1.29 is 14.4 Å². The predicted molar refractivity (Wildman–Crippen MR) is 106 cm³/mol. The molecule has 0 fully saturated rings. The van der Waals surface area contributed by atoms with Crippen LogP contribution in [0.15, 0.2) is 84.3 Å². The van der Waals surface area contributed by atoms with Crippen molar-refractivity contribution in [1.29, 1.82) is 0 Å². The molecule has 0 saturated heterocycles. The van der Waals surface area contributed by atoms with Gasteiger partial charge >= 0.3 is 0 Å². The topological polar surface area (TPSA) is 77.6 Å². The summed E-state index contributed by atoms with van der Waals surface area (Å²) in [6.45, 7) is 0.347. The first-order chi connectivity index (χ1) is 13.7. The normalized spacial score (nSPS) is 15.6. The van der Waals surface area contributed by atoms with E-state index in [2.05, 4.69) is 34.7 Å². The molecule has 1 atom stereocenters. The summed E-state index contributed by atoms with van der Waals surface area (Å²) in [5.74, 6) is -0.245. The molecule has 1 aromatic heterocycles. The fourth-order valence-corrected chi connectivity index (χ4v) is 3.07. The first-order valence-electron chi connectivity index (χ1n) is 9.04. The summed E-state index contributed by atoms with van der Waals surface area (Å²) in [7, 11) is 0. The third kappa shape index (κ3) is 4.01. The number of carbonyl (C=O) groups is 1. The third-order valence-electron chi connectivity index (χ3n) is 4.61. The van der Waals surface area contributed by atoms with Crippen molar-refractivity contribution in [3.8, 4) is 11.1 Å². The summed E-state index contributed by atoms with van der Waals surface area (Å²) >= 11 is 0. The number of nitrogens with zero attached hydrogens (tertiary/aromatic N) is 2. The van der Waals surface area contributed by atoms with E-state index in [9.17, 15) is 10.0 Å². The second kappa shape index (κ2) is 7.92. The van der Waals surface area contributed by atoms with Crippen molar-refractivity contribution in [1.82, 2.24) is 5.32 Å². The quantitative estimate of drug-likeness (QED) is 0.552. The standard InChI is InChI=1S/C22H19N3O3/c26-22(19-10-12-25(27)13-11-19)23-15-20-14-21(24-28-20)18-8-6-17(7-9-18)16-4-2-1-3-5-16/h1-13,20H,14-15H2,(H,23,26)/t20-/m0/s1. The van der Waals surface area contributed by atoms with Gasteiger partial charge in [0, 0.05) is 18.6 Å². The maximum atomic E-state index is 12.1. The summed E-state index contributed by atoms with van der Waals surface area (Å²) in [4.78, 5) is 17.6. The summed E-state index contributed by atoms with van der Waals surface area (Å²) in [6.07, 6.45) is 3.00. The summed E-state index contributed by atoms with van der Waals surface area (Å²) in [5, 5.41) is 18.0. The van der Waals surface area contributed by atoms with Gasteiger partial charge in [0.05, 0.1) is 17.8 Å². The molecule has 4 rings (SSSR count). The molecular formula is C22H19N3O3. The molecule has 6 heteroatoms. The van der Waals surface area contributed by atoms with Gasteiger partial charge in [0.1, 0.15) is 6.10 Å². The molecule has 0 aliphatic carbocycles. The Morgan fingerprint density at radius 1 is 1.00 bits per heavy atom. The highest BCUT2D eigenvalue weighted by atomic mass is 16.6. The summed E-state index contributed by atoms with van der Waals surface area (Å²) in [5.41, 5.74) is 4.63. The van der Waals surface area contributed by atoms with Gasteiger partial charge in [-0.25, -0.2) is 0 Å². The zero-order chi connectivity index (χ0) is 19.3. The Labute approximate surface area is 162 Å². The Hall–Kier alpha value is -3.67. The van der Waals surface area contributed by atoms with Gasteiger partial charge in [0.2, 0.25) is 0 Å². The average Bonchev–Trinajstić information content (AvgIpc) is 3.22. The van der Waals surface area contributed by atoms with Crippen LogP contribution >= 0.6 is 0 Å². The number of hydrogen-bond donors (Lipinski definition) is 1. The maximum Gasteiger partial charge on any atom is 0.251 e. The number of amides is 1. The van der Waals surface area contributed by atoms with Crippen molar-refractivity contribution in [2.75, 3.05) is 6.54 Å². The lowest BCUT2D eigenvalue weighted by Gasteiger charge is -2.10. The minimum atomic E-state index is -0.245. The molecule has 1 N–H and O–H groups in total. The fraction of sp³-hybridized carbons (Fsp3) is 0.136. The minimum absolute atomic E-state index is 0.207. The number of hydrogen-bond acceptors (Lipinski definition) is 4. The molecule has 3 aromatic rings. The first-order valence-corrected chi connectivity index (χ1v) is 9.04. The Morgan fingerprint density at radius 2 is 1.64 bits per heavy atom. The van der Waals surface area contributed by atoms with Gasteiger partial charge in [0.25, 0.3) is 5.91 Å². The van der Waals surface area contributed by atoms with Crippen LogP contribution < -0.4 is 10.0 Å². The largest absolute Gasteiger partial charge is 0.619 e. The van der Waals surface area contributed by atoms with E-state index in [1.165, 1.54) is 30.1 Å². The number of benzene rings is 2. The van der Waals surface area contributed by atoms with Gasteiger partial charge in [-0.15, -0.1) is 0 Å². The van der Waals surface area contributed by atoms with E-state index in [-0.39, 0.29) is 12.0 Å². The van der Waals surface area contributed by atoms with E-state index in [1.54, 1.807) is 0 Å². The van der Waals surface area contributed by atoms with Gasteiger partial charge in [-0.2, -0.15) is 4.73 Å². The van der Waals surface area contributed by atoms with Gasteiger partial charge in [-0.1, -0.05) is 59.8 Å². The number of nitrogens with one attached hydrogen (secondary N) is 1. The molecule has 140 valence electrons. The zero-order valence-electron chi connectivity index (χ0n) is 15.1. The molecule has 0 saturated carbocycles. The third-order valence-corrected chi connectivity index (χ3v) is 4.61. The Kier molecular flexibility index (Phi) is 5.01. The van der Waals surface area contributed by atoms with Crippen LogP contribution in [0.1, 0.15) is 22.3 Å². The van der Waals surface area contributed by atoms with Gasteiger partial charge < -0.3 is 15.4 Å². The van der Waals surface area contributed by atoms with Crippen molar-refractivity contribution in [2.45, 2.75) is 12.5 Å². The number of aromatic nitrogens is 1. The molecule has 0 spiro atoms. The van der Waals surface area contributed by atoms with Crippen LogP contribution in [0.4, 0.5) is 0 Å². The highest BCUT2D eigenvalue weighted by Gasteiger charge is 2.23. The summed E-state index contributed by atoms with van der Waals surface area (Å²) < 4.78 is 0.639. The van der Waals surface area contributed by atoms with E-state index in [0.717, 1.165) is 16.8 Å². The number of pyridine rings is 1. The highest BCUT2D eigenvalue weighted by Crippen LogP contribution is 2.22. The molecule has 0 unspecified atom stereocenters. The molecule has 2 heterocycles. The molecule has 2 aromatic carbocycles. The second-order valence-electron chi connectivity index (χ2n) is 6.57. The molecular weight excluding hydrogens is 354 g/mol. The maximum absolute atomic E-state index is 12.1. The van der Waals surface area contributed by atoms with Crippen molar-refractivity contribution >= 4 is 11.6 Å². The van der Waals surface area contributed by atoms with Crippen LogP contribution in [0.5, 0.6) is 0 Å². The van der Waals surface area contributed by atoms with Crippen molar-refractivity contribution in [3.63, 3.8) is 0 Å². The van der Waals surface area contributed by atoms with Gasteiger partial charge in [0.15, 0.2) is 12.4 Å². The molecule has 0 bridgehead atoms. The second-order valence-corrected chi connectivity index (χ2v) is 6.57. The predicted octanol–water partition coefficient (Wildman–Crippen LogP) is 2.91. The SMILES string of the molecule is O=C(NC[C@@H]1CC(c2ccc(-c3ccccc3)cc2)=NO1)c1cc[n+]([O-])cc1. The van der Waals surface area contributed by atoms with E-state index in [4.69, 9.17) is 4.84 Å². The lowest BCUT2D eigenvalue weighted by Crippen LogP contribution is -2.33. The lowest BCUT2D eigenvalue weighted by molar-refractivity contribution is -0.605. The van der Waals surface area contributed by atoms with Crippen LogP contribution in [0.25, 0.3) is 11.1 Å². The van der Waals surface area contributed by atoms with Crippen LogP contribution in [0, 0.1) is 5.21 Å². The Balaban J connectivity index is 1.32.